The zero-order valence-corrected chi connectivity index (χ0v) is 33.8. The number of anilines is 1. The molecule has 1 aromatic carbocycles. The van der Waals surface area contributed by atoms with Gasteiger partial charge in [0.2, 0.25) is 0 Å². The zero-order valence-electron chi connectivity index (χ0n) is 33.0. The predicted molar refractivity (Wildman–Crippen MR) is 222 cm³/mol. The van der Waals surface area contributed by atoms with Crippen molar-refractivity contribution < 1.29 is 13.2 Å². The molecule has 2 unspecified atom stereocenters. The van der Waals surface area contributed by atoms with E-state index in [1.807, 2.05) is 47.8 Å². The largest absolute Gasteiger partial charge is 0.406 e. The third-order valence-electron chi connectivity index (χ3n) is 11.6. The lowest BCUT2D eigenvalue weighted by Crippen LogP contribution is -2.47. The highest BCUT2D eigenvalue weighted by Gasteiger charge is 2.35. The molecule has 0 amide bonds. The lowest BCUT2D eigenvalue weighted by molar-refractivity contribution is -0.139. The number of hydrogen-bond donors (Lipinski definition) is 3. The summed E-state index contributed by atoms with van der Waals surface area (Å²) in [6, 6.07) is 7.60. The summed E-state index contributed by atoms with van der Waals surface area (Å²) in [5.41, 5.74) is 22.6. The number of piperazine rings is 1. The molecule has 3 aliphatic rings. The van der Waals surface area contributed by atoms with Crippen LogP contribution in [0.25, 0.3) is 33.4 Å². The summed E-state index contributed by atoms with van der Waals surface area (Å²) >= 11 is 1.53. The molecule has 2 aliphatic heterocycles. The van der Waals surface area contributed by atoms with Crippen molar-refractivity contribution in [2.24, 2.45) is 16.9 Å². The number of fused-ring (bicyclic) bond motifs is 1. The third-order valence-corrected chi connectivity index (χ3v) is 12.4. The average Bonchev–Trinajstić information content (AvgIpc) is 3.86. The van der Waals surface area contributed by atoms with Gasteiger partial charge in [-0.05, 0) is 74.6 Å². The normalized spacial score (nSPS) is 18.3. The van der Waals surface area contributed by atoms with Gasteiger partial charge in [-0.25, -0.2) is 10.4 Å². The molecule has 1 aliphatic carbocycles. The van der Waals surface area contributed by atoms with Gasteiger partial charge in [-0.1, -0.05) is 26.5 Å². The van der Waals surface area contributed by atoms with Gasteiger partial charge >= 0.3 is 6.18 Å². The minimum atomic E-state index is -4.48. The number of nitrogens with one attached hydrogen (secondary N) is 1. The summed E-state index contributed by atoms with van der Waals surface area (Å²) in [7, 11) is 0. The number of rotatable bonds is 14. The SMILES string of the molecule is C#CCCC(C)(C)Cc1c(-c2cc(N3CCN(C4CC4)CC3)cnc2C(C)N)n(CC(F)(F)F)c2ccc(-c3csc(CC(N)C(=C)N4CCCCN4)n3)cc12. The first kappa shape index (κ1) is 40.3. The lowest BCUT2D eigenvalue weighted by Gasteiger charge is -2.36. The number of halogens is 3. The maximum Gasteiger partial charge on any atom is 0.406 e. The van der Waals surface area contributed by atoms with Gasteiger partial charge < -0.3 is 25.9 Å². The van der Waals surface area contributed by atoms with E-state index in [1.54, 1.807) is 0 Å². The summed E-state index contributed by atoms with van der Waals surface area (Å²) in [5.74, 6) is 2.77. The Kier molecular flexibility index (Phi) is 11.9. The van der Waals surface area contributed by atoms with Crippen LogP contribution in [0.1, 0.15) is 81.6 Å². The molecule has 3 aromatic heterocycles. The van der Waals surface area contributed by atoms with Crippen molar-refractivity contribution in [2.75, 3.05) is 44.2 Å². The van der Waals surface area contributed by atoms with Gasteiger partial charge in [-0.2, -0.15) is 13.2 Å². The Morgan fingerprint density at radius 2 is 1.88 bits per heavy atom. The second-order valence-electron chi connectivity index (χ2n) is 16.7. The standard InChI is InChI=1S/C43H56F3N9S/c1-6-7-14-42(4,5)24-35-33-21-30(37-26-56-39(51-37)23-36(48)29(3)55-16-9-8-15-50-55)10-13-38(33)54(27-43(44,45)46)41(35)34-22-32(25-49-40(34)28(2)47)53-19-17-52(18-20-53)31-11-12-31/h1,10,13,21-22,25-26,28,31,36,50H,3,7-9,11-12,14-20,23-24,27,47-48H2,2,4-5H3. The summed E-state index contributed by atoms with van der Waals surface area (Å²) in [4.78, 5) is 14.7. The van der Waals surface area contributed by atoms with Gasteiger partial charge in [0, 0.05) is 97.3 Å². The first-order valence-electron chi connectivity index (χ1n) is 20.0. The molecule has 5 N–H and O–H groups in total. The first-order chi connectivity index (χ1) is 26.7. The minimum absolute atomic E-state index is 0.302. The van der Waals surface area contributed by atoms with Crippen molar-refractivity contribution in [3.05, 3.63) is 64.4 Å². The highest BCUT2D eigenvalue weighted by molar-refractivity contribution is 7.10. The van der Waals surface area contributed by atoms with E-state index in [0.717, 1.165) is 90.7 Å². The van der Waals surface area contributed by atoms with E-state index in [9.17, 15) is 13.2 Å². The van der Waals surface area contributed by atoms with Gasteiger partial charge in [0.25, 0.3) is 0 Å². The monoisotopic (exact) mass is 787 g/mol. The fraction of sp³-hybridized carbons (Fsp3) is 0.535. The van der Waals surface area contributed by atoms with Crippen molar-refractivity contribution in [3.63, 3.8) is 0 Å². The van der Waals surface area contributed by atoms with Crippen LogP contribution in [-0.4, -0.2) is 82.0 Å². The van der Waals surface area contributed by atoms with Gasteiger partial charge in [0.05, 0.1) is 40.0 Å². The molecule has 4 aromatic rings. The number of nitrogens with two attached hydrogens (primary N) is 2. The van der Waals surface area contributed by atoms with Crippen molar-refractivity contribution in [1.29, 1.82) is 0 Å². The van der Waals surface area contributed by atoms with Crippen LogP contribution in [0.4, 0.5) is 18.9 Å². The number of benzene rings is 1. The molecule has 5 heterocycles. The molecular formula is C43H56F3N9S. The summed E-state index contributed by atoms with van der Waals surface area (Å²) in [6.45, 7) is 14.6. The Balaban J connectivity index is 1.32. The molecule has 56 heavy (non-hydrogen) atoms. The molecule has 0 spiro atoms. The van der Waals surface area contributed by atoms with Crippen molar-refractivity contribution >= 4 is 27.9 Å². The smallest absolute Gasteiger partial charge is 0.368 e. The molecule has 2 saturated heterocycles. The Hall–Kier alpha value is -3.93. The van der Waals surface area contributed by atoms with E-state index in [-0.39, 0.29) is 11.5 Å². The molecular weight excluding hydrogens is 732 g/mol. The Morgan fingerprint density at radius 3 is 2.54 bits per heavy atom. The van der Waals surface area contributed by atoms with Gasteiger partial charge in [-0.3, -0.25) is 9.88 Å². The van der Waals surface area contributed by atoms with E-state index >= 15 is 0 Å². The van der Waals surface area contributed by atoms with E-state index in [4.69, 9.17) is 27.9 Å². The second-order valence-corrected chi connectivity index (χ2v) is 17.6. The number of alkyl halides is 3. The first-order valence-corrected chi connectivity index (χ1v) is 20.9. The van der Waals surface area contributed by atoms with Crippen LogP contribution in [0, 0.1) is 17.8 Å². The van der Waals surface area contributed by atoms with Crippen LogP contribution in [-0.2, 0) is 19.4 Å². The number of hydrazine groups is 1. The van der Waals surface area contributed by atoms with E-state index < -0.39 is 18.8 Å². The molecule has 0 radical (unpaired) electrons. The summed E-state index contributed by atoms with van der Waals surface area (Å²) < 4.78 is 45.6. The molecule has 0 bridgehead atoms. The summed E-state index contributed by atoms with van der Waals surface area (Å²) in [5, 5.41) is 5.67. The lowest BCUT2D eigenvalue weighted by atomic mass is 9.80. The number of hydrogen-bond acceptors (Lipinski definition) is 9. The highest BCUT2D eigenvalue weighted by atomic mass is 32.1. The zero-order chi connectivity index (χ0) is 39.8. The number of aromatic nitrogens is 3. The molecule has 9 nitrogen and oxygen atoms in total. The molecule has 300 valence electrons. The van der Waals surface area contributed by atoms with Gasteiger partial charge in [0.1, 0.15) is 6.54 Å². The fourth-order valence-corrected chi connectivity index (χ4v) is 9.21. The Labute approximate surface area is 333 Å². The molecule has 2 atom stereocenters. The molecule has 7 rings (SSSR count). The van der Waals surface area contributed by atoms with E-state index in [1.165, 1.54) is 28.7 Å². The van der Waals surface area contributed by atoms with Gasteiger partial charge in [0.15, 0.2) is 0 Å². The molecule has 13 heteroatoms. The van der Waals surface area contributed by atoms with Crippen LogP contribution in [0.15, 0.2) is 48.1 Å². The van der Waals surface area contributed by atoms with Crippen LogP contribution < -0.4 is 21.8 Å². The number of nitrogens with zero attached hydrogens (tertiary/aromatic N) is 6. The topological polar surface area (TPSA) is 104 Å². The quantitative estimate of drug-likeness (QED) is 0.112. The van der Waals surface area contributed by atoms with Crippen molar-refractivity contribution in [3.8, 4) is 34.9 Å². The van der Waals surface area contributed by atoms with Crippen molar-refractivity contribution in [1.82, 2.24) is 29.9 Å². The number of pyridine rings is 1. The second kappa shape index (κ2) is 16.5. The van der Waals surface area contributed by atoms with Gasteiger partial charge in [-0.15, -0.1) is 23.7 Å². The van der Waals surface area contributed by atoms with Crippen LogP contribution >= 0.6 is 11.3 Å². The Bertz CT molecular complexity index is 2060. The van der Waals surface area contributed by atoms with Crippen LogP contribution in [0.2, 0.25) is 0 Å². The number of thiazole rings is 1. The summed E-state index contributed by atoms with van der Waals surface area (Å²) in [6.07, 6.45) is 10.1. The predicted octanol–water partition coefficient (Wildman–Crippen LogP) is 7.66. The maximum atomic E-state index is 14.7. The maximum absolute atomic E-state index is 14.7. The fourth-order valence-electron chi connectivity index (χ4n) is 8.34. The van der Waals surface area contributed by atoms with E-state index in [0.29, 0.717) is 54.2 Å². The van der Waals surface area contributed by atoms with Crippen molar-refractivity contribution in [2.45, 2.75) is 103 Å². The number of terminal acetylenes is 1. The van der Waals surface area contributed by atoms with Crippen LogP contribution in [0.3, 0.4) is 0 Å². The minimum Gasteiger partial charge on any atom is -0.368 e. The van der Waals surface area contributed by atoms with E-state index in [2.05, 4.69) is 41.6 Å². The average molecular weight is 788 g/mol. The molecule has 1 saturated carbocycles. The van der Waals surface area contributed by atoms with Crippen LogP contribution in [0.5, 0.6) is 0 Å². The third kappa shape index (κ3) is 9.11. The highest BCUT2D eigenvalue weighted by Crippen LogP contribution is 2.44. The Morgan fingerprint density at radius 1 is 1.11 bits per heavy atom. The molecule has 3 fully saturated rings.